The summed E-state index contributed by atoms with van der Waals surface area (Å²) >= 11 is 0. The highest BCUT2D eigenvalue weighted by atomic mass is 16.5. The molecule has 0 saturated carbocycles. The maximum atomic E-state index is 5.64. The maximum absolute atomic E-state index is 5.64. The van der Waals surface area contributed by atoms with Crippen LogP contribution in [0, 0.1) is 0 Å². The zero-order valence-electron chi connectivity index (χ0n) is 11.1. The van der Waals surface area contributed by atoms with Crippen molar-refractivity contribution >= 4 is 0 Å². The van der Waals surface area contributed by atoms with Crippen molar-refractivity contribution in [2.24, 2.45) is 0 Å². The van der Waals surface area contributed by atoms with Crippen LogP contribution in [-0.2, 0) is 21.5 Å². The van der Waals surface area contributed by atoms with Crippen molar-refractivity contribution < 1.29 is 13.9 Å². The maximum Gasteiger partial charge on any atom is 0.195 e. The Morgan fingerprint density at radius 3 is 2.76 bits per heavy atom. The lowest BCUT2D eigenvalue weighted by molar-refractivity contribution is 0.000112. The van der Waals surface area contributed by atoms with Crippen molar-refractivity contribution in [3.63, 3.8) is 0 Å². The number of hydrogen-bond acceptors (Lipinski definition) is 5. The number of hydrogen-bond donors (Lipinski definition) is 1. The molecule has 1 aromatic heterocycles. The smallest absolute Gasteiger partial charge is 0.195 e. The predicted octanol–water partition coefficient (Wildman–Crippen LogP) is 1.33. The highest BCUT2D eigenvalue weighted by Crippen LogP contribution is 2.24. The molecule has 0 bridgehead atoms. The summed E-state index contributed by atoms with van der Waals surface area (Å²) in [7, 11) is 3.35. The minimum atomic E-state index is -0.422. The summed E-state index contributed by atoms with van der Waals surface area (Å²) in [6.45, 7) is 6.29. The van der Waals surface area contributed by atoms with Gasteiger partial charge in [0.1, 0.15) is 5.60 Å². The normalized spacial score (nSPS) is 12.0. The highest BCUT2D eigenvalue weighted by molar-refractivity contribution is 5.03. The van der Waals surface area contributed by atoms with Crippen molar-refractivity contribution in [3.8, 4) is 0 Å². The lowest BCUT2D eigenvalue weighted by Gasteiger charge is -2.18. The van der Waals surface area contributed by atoms with Gasteiger partial charge < -0.3 is 19.2 Å². The number of ether oxygens (including phenoxy) is 2. The molecule has 0 unspecified atom stereocenters. The molecule has 0 amide bonds. The van der Waals surface area contributed by atoms with Crippen molar-refractivity contribution in [2.45, 2.75) is 25.9 Å². The molecule has 98 valence electrons. The van der Waals surface area contributed by atoms with Crippen molar-refractivity contribution in [1.29, 1.82) is 0 Å². The first-order valence-corrected chi connectivity index (χ1v) is 5.80. The van der Waals surface area contributed by atoms with Gasteiger partial charge in [0.25, 0.3) is 0 Å². The van der Waals surface area contributed by atoms with E-state index < -0.39 is 5.60 Å². The van der Waals surface area contributed by atoms with Gasteiger partial charge in [0.2, 0.25) is 0 Å². The van der Waals surface area contributed by atoms with Crippen LogP contribution in [0.15, 0.2) is 10.6 Å². The Bertz CT molecular complexity index is 323. The molecule has 0 atom stereocenters. The molecule has 1 rings (SSSR count). The zero-order valence-corrected chi connectivity index (χ0v) is 11.1. The van der Waals surface area contributed by atoms with Crippen LogP contribution in [0.25, 0.3) is 0 Å². The van der Waals surface area contributed by atoms with Gasteiger partial charge in [0.05, 0.1) is 12.8 Å². The van der Waals surface area contributed by atoms with E-state index in [1.165, 1.54) is 0 Å². The number of nitrogens with one attached hydrogen (secondary N) is 1. The molecule has 17 heavy (non-hydrogen) atoms. The van der Waals surface area contributed by atoms with Gasteiger partial charge in [-0.25, -0.2) is 4.98 Å². The fourth-order valence-corrected chi connectivity index (χ4v) is 1.30. The van der Waals surface area contributed by atoms with Crippen LogP contribution in [0.1, 0.15) is 25.5 Å². The van der Waals surface area contributed by atoms with E-state index in [-0.39, 0.29) is 0 Å². The van der Waals surface area contributed by atoms with E-state index in [1.807, 2.05) is 13.8 Å². The molecule has 1 aromatic rings. The van der Waals surface area contributed by atoms with Crippen LogP contribution < -0.4 is 5.32 Å². The molecule has 0 aromatic carbocycles. The Hall–Kier alpha value is -0.910. The Kier molecular flexibility index (Phi) is 5.61. The Balaban J connectivity index is 2.36. The largest absolute Gasteiger partial charge is 0.443 e. The number of nitrogens with zero attached hydrogens (tertiary/aromatic N) is 1. The predicted molar refractivity (Wildman–Crippen MR) is 65.0 cm³/mol. The van der Waals surface area contributed by atoms with Crippen LogP contribution in [0.4, 0.5) is 0 Å². The first-order chi connectivity index (χ1) is 8.10. The van der Waals surface area contributed by atoms with Gasteiger partial charge in [-0.2, -0.15) is 0 Å². The summed E-state index contributed by atoms with van der Waals surface area (Å²) in [6.07, 6.45) is 2.50. The van der Waals surface area contributed by atoms with Crippen LogP contribution >= 0.6 is 0 Å². The van der Waals surface area contributed by atoms with E-state index in [2.05, 4.69) is 10.3 Å². The fourth-order valence-electron chi connectivity index (χ4n) is 1.30. The van der Waals surface area contributed by atoms with Crippen molar-refractivity contribution in [3.05, 3.63) is 17.8 Å². The average Bonchev–Trinajstić information content (AvgIpc) is 2.78. The van der Waals surface area contributed by atoms with Crippen LogP contribution in [0.5, 0.6) is 0 Å². The zero-order chi connectivity index (χ0) is 12.7. The molecule has 0 aliphatic carbocycles. The monoisotopic (exact) mass is 242 g/mol. The summed E-state index contributed by atoms with van der Waals surface area (Å²) in [6, 6.07) is 0. The second kappa shape index (κ2) is 6.74. The van der Waals surface area contributed by atoms with Gasteiger partial charge in [0, 0.05) is 33.7 Å². The lowest BCUT2D eigenvalue weighted by Crippen LogP contribution is -2.21. The van der Waals surface area contributed by atoms with Gasteiger partial charge in [-0.05, 0) is 13.8 Å². The van der Waals surface area contributed by atoms with E-state index in [1.54, 1.807) is 20.4 Å². The molecule has 5 heteroatoms. The number of oxazole rings is 1. The first kappa shape index (κ1) is 14.2. The van der Waals surface area contributed by atoms with Crippen LogP contribution in [-0.4, -0.2) is 38.9 Å². The number of aromatic nitrogens is 1. The molecule has 0 fully saturated rings. The van der Waals surface area contributed by atoms with Gasteiger partial charge in [-0.3, -0.25) is 0 Å². The number of rotatable bonds is 8. The Morgan fingerprint density at radius 2 is 2.12 bits per heavy atom. The molecular weight excluding hydrogens is 220 g/mol. The van der Waals surface area contributed by atoms with Crippen molar-refractivity contribution in [1.82, 2.24) is 10.3 Å². The molecule has 5 nitrogen and oxygen atoms in total. The molecule has 0 radical (unpaired) electrons. The second-order valence-electron chi connectivity index (χ2n) is 4.33. The average molecular weight is 242 g/mol. The Labute approximate surface area is 103 Å². The van der Waals surface area contributed by atoms with Crippen LogP contribution in [0.3, 0.4) is 0 Å². The minimum absolute atomic E-state index is 0.422. The van der Waals surface area contributed by atoms with Crippen molar-refractivity contribution in [2.75, 3.05) is 33.9 Å². The third-order valence-corrected chi connectivity index (χ3v) is 2.66. The molecule has 0 aliphatic rings. The Morgan fingerprint density at radius 1 is 1.35 bits per heavy atom. The topological polar surface area (TPSA) is 56.5 Å². The van der Waals surface area contributed by atoms with Gasteiger partial charge in [-0.15, -0.1) is 0 Å². The van der Waals surface area contributed by atoms with E-state index in [0.29, 0.717) is 6.61 Å². The van der Waals surface area contributed by atoms with E-state index >= 15 is 0 Å². The highest BCUT2D eigenvalue weighted by Gasteiger charge is 2.24. The lowest BCUT2D eigenvalue weighted by atomic mass is 10.1. The summed E-state index contributed by atoms with van der Waals surface area (Å²) in [5.74, 6) is 1.49. The molecule has 1 heterocycles. The van der Waals surface area contributed by atoms with Crippen LogP contribution in [0.2, 0.25) is 0 Å². The van der Waals surface area contributed by atoms with E-state index in [9.17, 15) is 0 Å². The standard InChI is InChI=1S/C12H22N2O3/c1-12(2,16-4)10-9-14-11(17-10)5-6-13-7-8-15-3/h9,13H,5-8H2,1-4H3. The molecule has 0 spiro atoms. The van der Waals surface area contributed by atoms with Gasteiger partial charge in [0.15, 0.2) is 11.7 Å². The quantitative estimate of drug-likeness (QED) is 0.697. The number of methoxy groups -OCH3 is 2. The van der Waals surface area contributed by atoms with Gasteiger partial charge in [-0.1, -0.05) is 0 Å². The van der Waals surface area contributed by atoms with E-state index in [0.717, 1.165) is 31.2 Å². The minimum Gasteiger partial charge on any atom is -0.443 e. The third kappa shape index (κ3) is 4.46. The summed E-state index contributed by atoms with van der Waals surface area (Å²) in [4.78, 5) is 4.23. The third-order valence-electron chi connectivity index (χ3n) is 2.66. The fraction of sp³-hybridized carbons (Fsp3) is 0.750. The molecule has 0 aliphatic heterocycles. The SMILES string of the molecule is COCCNCCc1ncc(C(C)(C)OC)o1. The second-order valence-corrected chi connectivity index (χ2v) is 4.33. The van der Waals surface area contributed by atoms with Gasteiger partial charge >= 0.3 is 0 Å². The van der Waals surface area contributed by atoms with E-state index in [4.69, 9.17) is 13.9 Å². The summed E-state index contributed by atoms with van der Waals surface area (Å²) in [5, 5.41) is 3.24. The first-order valence-electron chi connectivity index (χ1n) is 5.80. The molecular formula is C12H22N2O3. The molecule has 0 saturated heterocycles. The summed E-state index contributed by atoms with van der Waals surface area (Å²) < 4.78 is 15.9. The molecule has 1 N–H and O–H groups in total. The summed E-state index contributed by atoms with van der Waals surface area (Å²) in [5.41, 5.74) is -0.422.